The molecule has 1 fully saturated rings. The molecule has 146 valence electrons. The Hall–Kier alpha value is -3.49. The normalized spacial score (nSPS) is 13.9. The minimum atomic E-state index is -0.452. The van der Waals surface area contributed by atoms with Crippen LogP contribution in [0.4, 0.5) is 15.8 Å². The second kappa shape index (κ2) is 8.47. The van der Waals surface area contributed by atoms with E-state index >= 15 is 0 Å². The van der Waals surface area contributed by atoms with E-state index in [4.69, 9.17) is 0 Å². The highest BCUT2D eigenvalue weighted by Crippen LogP contribution is 2.28. The smallest absolute Gasteiger partial charge is 0.292 e. The summed E-state index contributed by atoms with van der Waals surface area (Å²) in [5.74, 6) is -1.13. The summed E-state index contributed by atoms with van der Waals surface area (Å²) in [6.07, 6.45) is 0. The molecule has 2 aromatic carbocycles. The molecule has 1 aliphatic rings. The van der Waals surface area contributed by atoms with Crippen molar-refractivity contribution in [3.8, 4) is 0 Å². The number of hydrogen-bond donors (Lipinski definition) is 1. The van der Waals surface area contributed by atoms with Crippen LogP contribution in [-0.2, 0) is 4.79 Å². The van der Waals surface area contributed by atoms with Crippen molar-refractivity contribution >= 4 is 23.2 Å². The summed E-state index contributed by atoms with van der Waals surface area (Å²) in [4.78, 5) is 38.6. The van der Waals surface area contributed by atoms with Crippen LogP contribution in [0.5, 0.6) is 0 Å². The number of para-hydroxylation sites is 2. The second-order valence-corrected chi connectivity index (χ2v) is 6.30. The average molecular weight is 386 g/mol. The maximum Gasteiger partial charge on any atom is 0.292 e. The van der Waals surface area contributed by atoms with Gasteiger partial charge in [-0.05, 0) is 30.3 Å². The largest absolute Gasteiger partial charge is 0.362 e. The Morgan fingerprint density at radius 2 is 1.68 bits per heavy atom. The number of piperazine rings is 1. The number of nitro groups is 1. The number of nitrogens with zero attached hydrogens (tertiary/aromatic N) is 3. The van der Waals surface area contributed by atoms with Crippen LogP contribution in [-0.4, -0.2) is 54.4 Å². The van der Waals surface area contributed by atoms with Crippen LogP contribution in [0, 0.1) is 15.9 Å². The van der Waals surface area contributed by atoms with Gasteiger partial charge in [0.05, 0.1) is 11.5 Å². The number of nitro benzene ring substituents is 1. The molecule has 0 atom stereocenters. The SMILES string of the molecule is O=C(NCC(=O)N1CCN(c2ccccc2[N+](=O)[O-])CC1)c1ccc(F)cc1. The molecular formula is C19H19FN4O4. The molecule has 0 saturated carbocycles. The predicted octanol–water partition coefficient (Wildman–Crippen LogP) is 1.81. The molecule has 0 aromatic heterocycles. The van der Waals surface area contributed by atoms with E-state index in [1.807, 2.05) is 4.90 Å². The monoisotopic (exact) mass is 386 g/mol. The fourth-order valence-electron chi connectivity index (χ4n) is 3.05. The van der Waals surface area contributed by atoms with Gasteiger partial charge in [-0.15, -0.1) is 0 Å². The quantitative estimate of drug-likeness (QED) is 0.625. The van der Waals surface area contributed by atoms with Crippen LogP contribution < -0.4 is 10.2 Å². The molecule has 0 unspecified atom stereocenters. The van der Waals surface area contributed by atoms with Crippen LogP contribution in [0.15, 0.2) is 48.5 Å². The van der Waals surface area contributed by atoms with Crippen molar-refractivity contribution in [1.82, 2.24) is 10.2 Å². The summed E-state index contributed by atoms with van der Waals surface area (Å²) in [6, 6.07) is 11.6. The Kier molecular flexibility index (Phi) is 5.83. The second-order valence-electron chi connectivity index (χ2n) is 6.30. The van der Waals surface area contributed by atoms with Gasteiger partial charge in [0.25, 0.3) is 11.6 Å². The van der Waals surface area contributed by atoms with E-state index in [1.54, 1.807) is 23.1 Å². The van der Waals surface area contributed by atoms with E-state index in [-0.39, 0.29) is 23.7 Å². The molecule has 0 spiro atoms. The number of carbonyl (C=O) groups is 2. The molecule has 2 amide bonds. The van der Waals surface area contributed by atoms with Gasteiger partial charge in [-0.25, -0.2) is 4.39 Å². The van der Waals surface area contributed by atoms with Gasteiger partial charge in [0.1, 0.15) is 11.5 Å². The minimum absolute atomic E-state index is 0.0360. The average Bonchev–Trinajstić information content (AvgIpc) is 2.72. The zero-order valence-corrected chi connectivity index (χ0v) is 15.0. The molecule has 8 nitrogen and oxygen atoms in total. The molecule has 2 aromatic rings. The van der Waals surface area contributed by atoms with Crippen LogP contribution >= 0.6 is 0 Å². The third-order valence-corrected chi connectivity index (χ3v) is 4.56. The first-order valence-corrected chi connectivity index (χ1v) is 8.75. The number of benzene rings is 2. The molecule has 1 heterocycles. The first-order valence-electron chi connectivity index (χ1n) is 8.75. The molecular weight excluding hydrogens is 367 g/mol. The third-order valence-electron chi connectivity index (χ3n) is 4.56. The van der Waals surface area contributed by atoms with Crippen LogP contribution in [0.1, 0.15) is 10.4 Å². The van der Waals surface area contributed by atoms with Crippen LogP contribution in [0.25, 0.3) is 0 Å². The predicted molar refractivity (Wildman–Crippen MR) is 101 cm³/mol. The molecule has 0 aliphatic carbocycles. The number of carbonyl (C=O) groups excluding carboxylic acids is 2. The Labute approximate surface area is 160 Å². The van der Waals surface area contributed by atoms with E-state index in [2.05, 4.69) is 5.32 Å². The Morgan fingerprint density at radius 3 is 2.32 bits per heavy atom. The maximum atomic E-state index is 12.9. The minimum Gasteiger partial charge on any atom is -0.362 e. The van der Waals surface area contributed by atoms with Gasteiger partial charge < -0.3 is 15.1 Å². The highest BCUT2D eigenvalue weighted by Gasteiger charge is 2.25. The molecule has 1 saturated heterocycles. The van der Waals surface area contributed by atoms with E-state index in [0.717, 1.165) is 0 Å². The van der Waals surface area contributed by atoms with Crippen molar-refractivity contribution in [2.45, 2.75) is 0 Å². The molecule has 0 bridgehead atoms. The van der Waals surface area contributed by atoms with E-state index in [9.17, 15) is 24.1 Å². The maximum absolute atomic E-state index is 12.9. The van der Waals surface area contributed by atoms with Crippen molar-refractivity contribution in [2.24, 2.45) is 0 Å². The number of halogens is 1. The summed E-state index contributed by atoms with van der Waals surface area (Å²) in [5, 5.41) is 13.7. The lowest BCUT2D eigenvalue weighted by Gasteiger charge is -2.35. The van der Waals surface area contributed by atoms with Gasteiger partial charge in [0.15, 0.2) is 0 Å². The lowest BCUT2D eigenvalue weighted by molar-refractivity contribution is -0.384. The third kappa shape index (κ3) is 4.43. The highest BCUT2D eigenvalue weighted by molar-refractivity contribution is 5.96. The molecule has 3 rings (SSSR count). The van der Waals surface area contributed by atoms with Gasteiger partial charge in [-0.3, -0.25) is 19.7 Å². The number of anilines is 1. The first-order chi connectivity index (χ1) is 13.5. The lowest BCUT2D eigenvalue weighted by atomic mass is 10.2. The fourth-order valence-corrected chi connectivity index (χ4v) is 3.05. The Bertz CT molecular complexity index is 880. The summed E-state index contributed by atoms with van der Waals surface area (Å²) >= 11 is 0. The van der Waals surface area contributed by atoms with Crippen LogP contribution in [0.3, 0.4) is 0 Å². The van der Waals surface area contributed by atoms with Gasteiger partial charge in [-0.2, -0.15) is 0 Å². The fraction of sp³-hybridized carbons (Fsp3) is 0.263. The molecule has 28 heavy (non-hydrogen) atoms. The van der Waals surface area contributed by atoms with E-state index in [1.165, 1.54) is 30.3 Å². The van der Waals surface area contributed by atoms with Crippen molar-refractivity contribution in [2.75, 3.05) is 37.6 Å². The zero-order valence-electron chi connectivity index (χ0n) is 15.0. The topological polar surface area (TPSA) is 95.8 Å². The van der Waals surface area contributed by atoms with Gasteiger partial charge in [0.2, 0.25) is 5.91 Å². The lowest BCUT2D eigenvalue weighted by Crippen LogP contribution is -2.51. The Morgan fingerprint density at radius 1 is 1.04 bits per heavy atom. The van der Waals surface area contributed by atoms with Crippen molar-refractivity contribution in [3.05, 3.63) is 70.0 Å². The highest BCUT2D eigenvalue weighted by atomic mass is 19.1. The van der Waals surface area contributed by atoms with Gasteiger partial charge >= 0.3 is 0 Å². The summed E-state index contributed by atoms with van der Waals surface area (Å²) in [6.45, 7) is 1.56. The zero-order chi connectivity index (χ0) is 20.1. The van der Waals surface area contributed by atoms with Gasteiger partial charge in [0, 0.05) is 37.8 Å². The molecule has 1 aliphatic heterocycles. The number of nitrogens with one attached hydrogen (secondary N) is 1. The van der Waals surface area contributed by atoms with E-state index < -0.39 is 16.6 Å². The first kappa shape index (κ1) is 19.3. The molecule has 1 N–H and O–H groups in total. The number of rotatable bonds is 5. The summed E-state index contributed by atoms with van der Waals surface area (Å²) < 4.78 is 12.9. The van der Waals surface area contributed by atoms with Gasteiger partial charge in [-0.1, -0.05) is 12.1 Å². The number of amides is 2. The van der Waals surface area contributed by atoms with Crippen LogP contribution in [0.2, 0.25) is 0 Å². The molecule has 9 heteroatoms. The molecule has 0 radical (unpaired) electrons. The summed E-state index contributed by atoms with van der Waals surface area (Å²) in [7, 11) is 0. The van der Waals surface area contributed by atoms with Crippen molar-refractivity contribution < 1.29 is 18.9 Å². The summed E-state index contributed by atoms with van der Waals surface area (Å²) in [5.41, 5.74) is 0.841. The van der Waals surface area contributed by atoms with E-state index in [0.29, 0.717) is 31.9 Å². The van der Waals surface area contributed by atoms with Crippen molar-refractivity contribution in [3.63, 3.8) is 0 Å². The number of hydrogen-bond acceptors (Lipinski definition) is 5. The Balaban J connectivity index is 1.52. The standard InChI is InChI=1S/C19H19FN4O4/c20-15-7-5-14(6-8-15)19(26)21-13-18(25)23-11-9-22(10-12-23)16-3-1-2-4-17(16)24(27)28/h1-8H,9-13H2,(H,21,26). The van der Waals surface area contributed by atoms with Crippen molar-refractivity contribution in [1.29, 1.82) is 0 Å².